The first-order valence-corrected chi connectivity index (χ1v) is 8.37. The summed E-state index contributed by atoms with van der Waals surface area (Å²) in [6.07, 6.45) is 5.01. The molecule has 6 nitrogen and oxygen atoms in total. The smallest absolute Gasteiger partial charge is 0.387 e. The van der Waals surface area contributed by atoms with E-state index in [2.05, 4.69) is 24.8 Å². The molecule has 2 heterocycles. The largest absolute Gasteiger partial charge is 0.435 e. The summed E-state index contributed by atoms with van der Waals surface area (Å²) in [5.74, 6) is 1.67. The van der Waals surface area contributed by atoms with E-state index < -0.39 is 6.61 Å². The summed E-state index contributed by atoms with van der Waals surface area (Å²) in [5.41, 5.74) is 0.390. The monoisotopic (exact) mass is 350 g/mol. The summed E-state index contributed by atoms with van der Waals surface area (Å²) in [6, 6.07) is 5.60. The van der Waals surface area contributed by atoms with Crippen molar-refractivity contribution in [2.75, 3.05) is 6.54 Å². The van der Waals surface area contributed by atoms with Crippen LogP contribution in [0.3, 0.4) is 0 Å². The van der Waals surface area contributed by atoms with Gasteiger partial charge >= 0.3 is 6.61 Å². The Morgan fingerprint density at radius 2 is 2.00 bits per heavy atom. The molecule has 0 saturated heterocycles. The van der Waals surface area contributed by atoms with Crippen LogP contribution < -0.4 is 10.1 Å². The van der Waals surface area contributed by atoms with Crippen molar-refractivity contribution in [2.45, 2.75) is 45.3 Å². The zero-order valence-electron chi connectivity index (χ0n) is 13.8. The molecule has 8 heteroatoms. The second-order valence-electron chi connectivity index (χ2n) is 5.90. The zero-order chi connectivity index (χ0) is 17.6. The van der Waals surface area contributed by atoms with Gasteiger partial charge in [0.1, 0.15) is 17.4 Å². The van der Waals surface area contributed by atoms with Gasteiger partial charge in [-0.3, -0.25) is 4.79 Å². The third kappa shape index (κ3) is 4.52. The number of ether oxygens (including phenoxy) is 1. The molecule has 0 atom stereocenters. The van der Waals surface area contributed by atoms with Crippen LogP contribution in [-0.2, 0) is 19.4 Å². The van der Waals surface area contributed by atoms with Crippen LogP contribution in [-0.4, -0.2) is 33.8 Å². The zero-order valence-corrected chi connectivity index (χ0v) is 13.8. The normalized spacial score (nSPS) is 14.0. The van der Waals surface area contributed by atoms with Crippen molar-refractivity contribution in [3.63, 3.8) is 0 Å². The first-order chi connectivity index (χ1) is 12.1. The molecule has 0 saturated carbocycles. The maximum atomic E-state index is 12.1. The minimum absolute atomic E-state index is 0.0257. The Kier molecular flexibility index (Phi) is 5.57. The van der Waals surface area contributed by atoms with E-state index in [4.69, 9.17) is 0 Å². The number of alkyl halides is 2. The number of hydrogen-bond donors (Lipinski definition) is 1. The number of carbonyl (C=O) groups excluding carboxylic acids is 1. The average Bonchev–Trinajstić information content (AvgIpc) is 2.82. The first kappa shape index (κ1) is 17.3. The van der Waals surface area contributed by atoms with E-state index >= 15 is 0 Å². The van der Waals surface area contributed by atoms with E-state index in [0.29, 0.717) is 18.5 Å². The third-order valence-electron chi connectivity index (χ3n) is 4.16. The van der Waals surface area contributed by atoms with Gasteiger partial charge in [-0.15, -0.1) is 10.2 Å². The van der Waals surface area contributed by atoms with Crippen molar-refractivity contribution in [1.29, 1.82) is 0 Å². The molecular formula is C17H20F2N4O2. The Hall–Kier alpha value is -2.51. The highest BCUT2D eigenvalue weighted by atomic mass is 19.3. The second kappa shape index (κ2) is 8.04. The Bertz CT molecular complexity index is 716. The topological polar surface area (TPSA) is 69.0 Å². The van der Waals surface area contributed by atoms with E-state index in [9.17, 15) is 13.6 Å². The molecule has 1 aromatic carbocycles. The number of nitrogens with one attached hydrogen (secondary N) is 1. The highest BCUT2D eigenvalue weighted by molar-refractivity contribution is 5.94. The highest BCUT2D eigenvalue weighted by Crippen LogP contribution is 2.16. The van der Waals surface area contributed by atoms with E-state index in [1.165, 1.54) is 30.7 Å². The number of carbonyl (C=O) groups is 1. The molecule has 1 aromatic heterocycles. The number of rotatable bonds is 6. The molecule has 1 aliphatic rings. The van der Waals surface area contributed by atoms with E-state index in [1.54, 1.807) is 0 Å². The lowest BCUT2D eigenvalue weighted by atomic mass is 10.2. The van der Waals surface area contributed by atoms with Crippen LogP contribution in [0.5, 0.6) is 5.75 Å². The molecule has 0 radical (unpaired) electrons. The highest BCUT2D eigenvalue weighted by Gasteiger charge is 2.15. The van der Waals surface area contributed by atoms with Crippen LogP contribution in [0, 0.1) is 0 Å². The van der Waals surface area contributed by atoms with E-state index in [0.717, 1.165) is 37.5 Å². The lowest BCUT2D eigenvalue weighted by molar-refractivity contribution is -0.0498. The molecule has 0 spiro atoms. The summed E-state index contributed by atoms with van der Waals surface area (Å²) in [7, 11) is 0. The molecule has 1 aliphatic heterocycles. The number of fused-ring (bicyclic) bond motifs is 1. The van der Waals surface area contributed by atoms with Crippen LogP contribution >= 0.6 is 0 Å². The molecule has 1 amide bonds. The first-order valence-electron chi connectivity index (χ1n) is 8.37. The molecule has 0 unspecified atom stereocenters. The van der Waals surface area contributed by atoms with Gasteiger partial charge in [-0.05, 0) is 37.1 Å². The van der Waals surface area contributed by atoms with Crippen molar-refractivity contribution >= 4 is 5.91 Å². The fraction of sp³-hybridized carbons (Fsp3) is 0.471. The number of aryl methyl sites for hydroxylation is 1. The quantitative estimate of drug-likeness (QED) is 0.869. The standard InChI is InChI=1S/C17H20F2N4O2/c18-17(19)25-13-7-5-12(6-8-13)16(24)20-10-9-15-22-21-14-4-2-1-3-11-23(14)15/h5-8,17H,1-4,9-11H2,(H,20,24). The van der Waals surface area contributed by atoms with Gasteiger partial charge in [-0.25, -0.2) is 0 Å². The summed E-state index contributed by atoms with van der Waals surface area (Å²) >= 11 is 0. The Balaban J connectivity index is 1.52. The number of halogens is 2. The minimum Gasteiger partial charge on any atom is -0.435 e. The minimum atomic E-state index is -2.88. The summed E-state index contributed by atoms with van der Waals surface area (Å²) < 4.78 is 30.6. The number of benzene rings is 1. The average molecular weight is 350 g/mol. The lowest BCUT2D eigenvalue weighted by Crippen LogP contribution is -2.26. The van der Waals surface area contributed by atoms with Gasteiger partial charge in [0.05, 0.1) is 0 Å². The van der Waals surface area contributed by atoms with Gasteiger partial charge in [-0.1, -0.05) is 6.42 Å². The fourth-order valence-corrected chi connectivity index (χ4v) is 2.91. The van der Waals surface area contributed by atoms with Crippen LogP contribution in [0.1, 0.15) is 41.3 Å². The van der Waals surface area contributed by atoms with Crippen molar-refractivity contribution in [2.24, 2.45) is 0 Å². The Labute approximate surface area is 144 Å². The van der Waals surface area contributed by atoms with Gasteiger partial charge in [0.2, 0.25) is 0 Å². The van der Waals surface area contributed by atoms with Gasteiger partial charge in [0, 0.05) is 31.5 Å². The van der Waals surface area contributed by atoms with Gasteiger partial charge < -0.3 is 14.6 Å². The number of nitrogens with zero attached hydrogens (tertiary/aromatic N) is 3. The molecule has 0 bridgehead atoms. The second-order valence-corrected chi connectivity index (χ2v) is 5.90. The molecule has 1 N–H and O–H groups in total. The van der Waals surface area contributed by atoms with Crippen molar-refractivity contribution in [3.05, 3.63) is 41.5 Å². The van der Waals surface area contributed by atoms with Crippen LogP contribution in [0.4, 0.5) is 8.78 Å². The molecule has 134 valence electrons. The molecular weight excluding hydrogens is 330 g/mol. The molecule has 25 heavy (non-hydrogen) atoms. The molecule has 3 rings (SSSR count). The van der Waals surface area contributed by atoms with Crippen LogP contribution in [0.15, 0.2) is 24.3 Å². The predicted octanol–water partition coefficient (Wildman–Crippen LogP) is 2.58. The maximum Gasteiger partial charge on any atom is 0.387 e. The molecule has 0 aliphatic carbocycles. The van der Waals surface area contributed by atoms with Gasteiger partial charge in [0.25, 0.3) is 5.91 Å². The Morgan fingerprint density at radius 3 is 2.76 bits per heavy atom. The van der Waals surface area contributed by atoms with Crippen molar-refractivity contribution in [1.82, 2.24) is 20.1 Å². The third-order valence-corrected chi connectivity index (χ3v) is 4.16. The van der Waals surface area contributed by atoms with Crippen molar-refractivity contribution in [3.8, 4) is 5.75 Å². The predicted molar refractivity (Wildman–Crippen MR) is 86.7 cm³/mol. The van der Waals surface area contributed by atoms with Crippen LogP contribution in [0.25, 0.3) is 0 Å². The van der Waals surface area contributed by atoms with Gasteiger partial charge in [-0.2, -0.15) is 8.78 Å². The lowest BCUT2D eigenvalue weighted by Gasteiger charge is -2.09. The SMILES string of the molecule is O=C(NCCc1nnc2n1CCCCC2)c1ccc(OC(F)F)cc1. The fourth-order valence-electron chi connectivity index (χ4n) is 2.91. The molecule has 2 aromatic rings. The summed E-state index contributed by atoms with van der Waals surface area (Å²) in [4.78, 5) is 12.1. The van der Waals surface area contributed by atoms with Crippen LogP contribution in [0.2, 0.25) is 0 Å². The summed E-state index contributed by atoms with van der Waals surface area (Å²) in [6.45, 7) is -1.51. The maximum absolute atomic E-state index is 12.1. The number of aromatic nitrogens is 3. The van der Waals surface area contributed by atoms with Gasteiger partial charge in [0.15, 0.2) is 0 Å². The molecule has 0 fully saturated rings. The van der Waals surface area contributed by atoms with Crippen molar-refractivity contribution < 1.29 is 18.3 Å². The van der Waals surface area contributed by atoms with E-state index in [-0.39, 0.29) is 11.7 Å². The number of amides is 1. The number of hydrogen-bond acceptors (Lipinski definition) is 4. The summed E-state index contributed by atoms with van der Waals surface area (Å²) in [5, 5.41) is 11.3. The van der Waals surface area contributed by atoms with E-state index in [1.807, 2.05) is 0 Å². The Morgan fingerprint density at radius 1 is 1.20 bits per heavy atom.